The van der Waals surface area contributed by atoms with E-state index in [1.165, 1.54) is 6.07 Å². The van der Waals surface area contributed by atoms with E-state index in [0.29, 0.717) is 16.5 Å². The smallest absolute Gasteiger partial charge is 0.128 e. The average molecular weight is 246 g/mol. The van der Waals surface area contributed by atoms with E-state index in [1.807, 2.05) is 0 Å². The van der Waals surface area contributed by atoms with Crippen LogP contribution in [0, 0.1) is 11.7 Å². The minimum Gasteiger partial charge on any atom is -0.301 e. The zero-order valence-corrected chi connectivity index (χ0v) is 10.0. The van der Waals surface area contributed by atoms with E-state index >= 15 is 0 Å². The molecule has 1 nitrogen and oxygen atoms in total. The summed E-state index contributed by atoms with van der Waals surface area (Å²) in [4.78, 5) is 0. The van der Waals surface area contributed by atoms with Gasteiger partial charge in [-0.15, -0.1) is 11.8 Å². The molecule has 4 heteroatoms. The van der Waals surface area contributed by atoms with Gasteiger partial charge >= 0.3 is 0 Å². The first-order valence-corrected chi connectivity index (χ1v) is 6.39. The molecule has 0 bridgehead atoms. The van der Waals surface area contributed by atoms with Crippen molar-refractivity contribution in [2.24, 2.45) is 5.92 Å². The summed E-state index contributed by atoms with van der Waals surface area (Å²) in [5.41, 5.74) is 0.666. The van der Waals surface area contributed by atoms with Crippen molar-refractivity contribution in [3.63, 3.8) is 0 Å². The van der Waals surface area contributed by atoms with E-state index < -0.39 is 0 Å². The highest BCUT2D eigenvalue weighted by Gasteiger charge is 2.22. The Morgan fingerprint density at radius 2 is 2.33 bits per heavy atom. The molecule has 0 spiro atoms. The third-order valence-electron chi connectivity index (χ3n) is 2.44. The highest BCUT2D eigenvalue weighted by Crippen LogP contribution is 2.33. The van der Waals surface area contributed by atoms with Gasteiger partial charge in [0.2, 0.25) is 0 Å². The lowest BCUT2D eigenvalue weighted by molar-refractivity contribution is 0.513. The van der Waals surface area contributed by atoms with Gasteiger partial charge in [-0.2, -0.15) is 0 Å². The number of nitrogens with one attached hydrogen (secondary N) is 1. The maximum absolute atomic E-state index is 13.5. The number of thioether (sulfide) groups is 1. The highest BCUT2D eigenvalue weighted by molar-refractivity contribution is 7.99. The van der Waals surface area contributed by atoms with Crippen molar-refractivity contribution in [1.82, 2.24) is 5.32 Å². The van der Waals surface area contributed by atoms with Gasteiger partial charge in [-0.3, -0.25) is 0 Å². The fourth-order valence-electron chi connectivity index (χ4n) is 1.60. The van der Waals surface area contributed by atoms with Gasteiger partial charge < -0.3 is 5.32 Å². The van der Waals surface area contributed by atoms with Crippen LogP contribution in [0.1, 0.15) is 17.9 Å². The molecule has 0 aromatic heterocycles. The summed E-state index contributed by atoms with van der Waals surface area (Å²) in [6.07, 6.45) is 0. The highest BCUT2D eigenvalue weighted by atomic mass is 35.5. The van der Waals surface area contributed by atoms with Crippen molar-refractivity contribution < 1.29 is 4.39 Å². The van der Waals surface area contributed by atoms with Crippen LogP contribution >= 0.6 is 23.4 Å². The van der Waals surface area contributed by atoms with Crippen LogP contribution < -0.4 is 5.32 Å². The Labute approximate surface area is 98.4 Å². The second-order valence-corrected chi connectivity index (χ2v) is 5.47. The van der Waals surface area contributed by atoms with Gasteiger partial charge in [0.1, 0.15) is 5.82 Å². The normalized spacial score (nSPS) is 26.6. The monoisotopic (exact) mass is 245 g/mol. The van der Waals surface area contributed by atoms with E-state index in [0.717, 1.165) is 12.3 Å². The summed E-state index contributed by atoms with van der Waals surface area (Å²) in [5, 5.41) is 3.95. The molecule has 82 valence electrons. The molecule has 1 N–H and O–H groups in total. The Hall–Kier alpha value is -0.250. The Bertz CT molecular complexity index is 350. The van der Waals surface area contributed by atoms with Crippen molar-refractivity contribution in [2.45, 2.75) is 12.3 Å². The molecule has 2 unspecified atom stereocenters. The van der Waals surface area contributed by atoms with Crippen LogP contribution in [0.4, 0.5) is 4.39 Å². The van der Waals surface area contributed by atoms with Crippen LogP contribution in [0.2, 0.25) is 5.02 Å². The molecule has 2 rings (SSSR count). The van der Waals surface area contributed by atoms with Crippen LogP contribution in [0.3, 0.4) is 0 Å². The van der Waals surface area contributed by atoms with Gasteiger partial charge in [0, 0.05) is 10.6 Å². The van der Waals surface area contributed by atoms with E-state index in [-0.39, 0.29) is 11.2 Å². The molecule has 15 heavy (non-hydrogen) atoms. The number of halogens is 2. The van der Waals surface area contributed by atoms with E-state index in [2.05, 4.69) is 12.2 Å². The van der Waals surface area contributed by atoms with Crippen LogP contribution in [0.25, 0.3) is 0 Å². The van der Waals surface area contributed by atoms with Gasteiger partial charge in [-0.05, 0) is 36.4 Å². The molecule has 0 saturated carbocycles. The number of hydrogen-bond donors (Lipinski definition) is 1. The van der Waals surface area contributed by atoms with Crippen molar-refractivity contribution in [1.29, 1.82) is 0 Å². The Morgan fingerprint density at radius 3 is 3.00 bits per heavy atom. The minimum atomic E-state index is -0.182. The Balaban J connectivity index is 2.18. The van der Waals surface area contributed by atoms with E-state index in [9.17, 15) is 4.39 Å². The lowest BCUT2D eigenvalue weighted by Gasteiger charge is -2.27. The van der Waals surface area contributed by atoms with Gasteiger partial charge in [-0.25, -0.2) is 4.39 Å². The van der Waals surface area contributed by atoms with Crippen LogP contribution in [0.15, 0.2) is 18.2 Å². The molecule has 1 fully saturated rings. The maximum atomic E-state index is 13.5. The zero-order chi connectivity index (χ0) is 10.8. The molecule has 1 aromatic rings. The first-order valence-electron chi connectivity index (χ1n) is 4.97. The van der Waals surface area contributed by atoms with E-state index in [4.69, 9.17) is 11.6 Å². The molecule has 1 aliphatic rings. The van der Waals surface area contributed by atoms with Gasteiger partial charge in [0.05, 0.1) is 5.37 Å². The van der Waals surface area contributed by atoms with Crippen molar-refractivity contribution >= 4 is 23.4 Å². The minimum absolute atomic E-state index is 0.0416. The zero-order valence-electron chi connectivity index (χ0n) is 8.47. The first kappa shape index (κ1) is 11.2. The predicted octanol–water partition coefficient (Wildman–Crippen LogP) is 3.45. The Morgan fingerprint density at radius 1 is 1.53 bits per heavy atom. The lowest BCUT2D eigenvalue weighted by atomic mass is 10.1. The number of hydrogen-bond acceptors (Lipinski definition) is 2. The third-order valence-corrected chi connectivity index (χ3v) is 4.19. The van der Waals surface area contributed by atoms with Crippen LogP contribution in [-0.4, -0.2) is 12.3 Å². The summed E-state index contributed by atoms with van der Waals surface area (Å²) >= 11 is 7.60. The SMILES string of the molecule is CC1CNC(c2cc(Cl)ccc2F)SC1. The maximum Gasteiger partial charge on any atom is 0.128 e. The second kappa shape index (κ2) is 4.73. The fourth-order valence-corrected chi connectivity index (χ4v) is 3.00. The summed E-state index contributed by atoms with van der Waals surface area (Å²) in [6.45, 7) is 3.12. The average Bonchev–Trinajstić information content (AvgIpc) is 2.23. The lowest BCUT2D eigenvalue weighted by Crippen LogP contribution is -2.31. The van der Waals surface area contributed by atoms with Crippen molar-refractivity contribution in [3.05, 3.63) is 34.6 Å². The topological polar surface area (TPSA) is 12.0 Å². The van der Waals surface area contributed by atoms with Crippen LogP contribution in [0.5, 0.6) is 0 Å². The Kier molecular flexibility index (Phi) is 3.54. The van der Waals surface area contributed by atoms with Crippen molar-refractivity contribution in [3.8, 4) is 0 Å². The first-order chi connectivity index (χ1) is 7.16. The van der Waals surface area contributed by atoms with Gasteiger partial charge in [0.25, 0.3) is 0 Å². The van der Waals surface area contributed by atoms with Gasteiger partial charge in [-0.1, -0.05) is 18.5 Å². The molecule has 1 aromatic carbocycles. The summed E-state index contributed by atoms with van der Waals surface area (Å²) in [7, 11) is 0. The van der Waals surface area contributed by atoms with Gasteiger partial charge in [0.15, 0.2) is 0 Å². The standard InChI is InChI=1S/C11H13ClFNS/c1-7-5-14-11(15-6-7)9-4-8(12)2-3-10(9)13/h2-4,7,11,14H,5-6H2,1H3. The largest absolute Gasteiger partial charge is 0.301 e. The molecule has 0 amide bonds. The molecular formula is C11H13ClFNS. The molecule has 1 saturated heterocycles. The molecule has 0 aliphatic carbocycles. The summed E-state index contributed by atoms with van der Waals surface area (Å²) in [6, 6.07) is 4.71. The van der Waals surface area contributed by atoms with Crippen molar-refractivity contribution in [2.75, 3.05) is 12.3 Å². The van der Waals surface area contributed by atoms with E-state index in [1.54, 1.807) is 23.9 Å². The molecule has 2 atom stereocenters. The number of benzene rings is 1. The molecule has 0 radical (unpaired) electrons. The predicted molar refractivity (Wildman–Crippen MR) is 63.8 cm³/mol. The summed E-state index contributed by atoms with van der Waals surface area (Å²) in [5.74, 6) is 1.52. The fraction of sp³-hybridized carbons (Fsp3) is 0.455. The molecule has 1 aliphatic heterocycles. The molecular weight excluding hydrogens is 233 g/mol. The third kappa shape index (κ3) is 2.65. The van der Waals surface area contributed by atoms with Crippen LogP contribution in [-0.2, 0) is 0 Å². The quantitative estimate of drug-likeness (QED) is 0.813. The molecule has 1 heterocycles. The second-order valence-electron chi connectivity index (χ2n) is 3.89. The number of rotatable bonds is 1. The summed E-state index contributed by atoms with van der Waals surface area (Å²) < 4.78 is 13.5.